The number of furan rings is 1. The van der Waals surface area contributed by atoms with E-state index in [0.29, 0.717) is 12.2 Å². The molecule has 5 heteroatoms. The van der Waals surface area contributed by atoms with Crippen molar-refractivity contribution in [1.29, 1.82) is 0 Å². The van der Waals surface area contributed by atoms with Crippen LogP contribution in [0, 0.1) is 5.82 Å². The molecule has 0 amide bonds. The van der Waals surface area contributed by atoms with E-state index in [4.69, 9.17) is 33.4 Å². The van der Waals surface area contributed by atoms with Gasteiger partial charge in [-0.05, 0) is 47.9 Å². The lowest BCUT2D eigenvalue weighted by atomic mass is 10.0. The van der Waals surface area contributed by atoms with Crippen LogP contribution in [0.2, 0.25) is 10.2 Å². The highest BCUT2D eigenvalue weighted by molar-refractivity contribution is 6.30. The topological polar surface area (TPSA) is 39.2 Å². The van der Waals surface area contributed by atoms with E-state index >= 15 is 0 Å². The van der Waals surface area contributed by atoms with Gasteiger partial charge in [0.25, 0.3) is 0 Å². The van der Waals surface area contributed by atoms with Crippen LogP contribution in [0.5, 0.6) is 0 Å². The Balaban J connectivity index is 2.12. The van der Waals surface area contributed by atoms with Gasteiger partial charge in [0.05, 0.1) is 11.1 Å². The SMILES string of the molecule is NC(Cc1ccc(Cl)c(F)c1)c1ccc(Cl)o1. The first-order chi connectivity index (χ1) is 8.06. The molecule has 1 atom stereocenters. The van der Waals surface area contributed by atoms with Crippen LogP contribution in [-0.4, -0.2) is 0 Å². The van der Waals surface area contributed by atoms with E-state index in [0.717, 1.165) is 5.56 Å². The lowest BCUT2D eigenvalue weighted by molar-refractivity contribution is 0.465. The molecule has 1 aromatic carbocycles. The Morgan fingerprint density at radius 1 is 1.24 bits per heavy atom. The highest BCUT2D eigenvalue weighted by Crippen LogP contribution is 2.23. The van der Waals surface area contributed by atoms with Crippen molar-refractivity contribution in [2.45, 2.75) is 12.5 Å². The summed E-state index contributed by atoms with van der Waals surface area (Å²) in [6.45, 7) is 0. The molecule has 2 aromatic rings. The zero-order valence-electron chi connectivity index (χ0n) is 8.79. The molecule has 0 radical (unpaired) electrons. The van der Waals surface area contributed by atoms with Crippen molar-refractivity contribution in [3.8, 4) is 0 Å². The zero-order chi connectivity index (χ0) is 12.4. The van der Waals surface area contributed by atoms with Gasteiger partial charge in [-0.2, -0.15) is 0 Å². The zero-order valence-corrected chi connectivity index (χ0v) is 10.3. The Bertz CT molecular complexity index is 527. The van der Waals surface area contributed by atoms with E-state index in [1.165, 1.54) is 12.1 Å². The smallest absolute Gasteiger partial charge is 0.193 e. The van der Waals surface area contributed by atoms with E-state index in [2.05, 4.69) is 0 Å². The van der Waals surface area contributed by atoms with Gasteiger partial charge in [0.1, 0.15) is 11.6 Å². The number of rotatable bonds is 3. The van der Waals surface area contributed by atoms with Gasteiger partial charge in [0.2, 0.25) is 0 Å². The molecular weight excluding hydrogens is 264 g/mol. The third-order valence-corrected chi connectivity index (χ3v) is 2.91. The van der Waals surface area contributed by atoms with Crippen LogP contribution in [-0.2, 0) is 6.42 Å². The van der Waals surface area contributed by atoms with Gasteiger partial charge in [0.15, 0.2) is 5.22 Å². The molecule has 90 valence electrons. The summed E-state index contributed by atoms with van der Waals surface area (Å²) in [7, 11) is 0. The van der Waals surface area contributed by atoms with Gasteiger partial charge in [-0.25, -0.2) is 4.39 Å². The molecule has 0 aliphatic heterocycles. The first-order valence-corrected chi connectivity index (χ1v) is 5.76. The first-order valence-electron chi connectivity index (χ1n) is 5.01. The quantitative estimate of drug-likeness (QED) is 0.919. The molecule has 1 aromatic heterocycles. The third-order valence-electron chi connectivity index (χ3n) is 2.40. The van der Waals surface area contributed by atoms with Gasteiger partial charge < -0.3 is 10.2 Å². The van der Waals surface area contributed by atoms with E-state index in [1.54, 1.807) is 18.2 Å². The first kappa shape index (κ1) is 12.4. The molecule has 0 saturated carbocycles. The summed E-state index contributed by atoms with van der Waals surface area (Å²) in [5, 5.41) is 0.390. The van der Waals surface area contributed by atoms with Crippen molar-refractivity contribution >= 4 is 23.2 Å². The molecule has 0 bridgehead atoms. The van der Waals surface area contributed by atoms with Gasteiger partial charge in [-0.15, -0.1) is 0 Å². The van der Waals surface area contributed by atoms with Crippen LogP contribution < -0.4 is 5.73 Å². The summed E-state index contributed by atoms with van der Waals surface area (Å²) < 4.78 is 18.4. The van der Waals surface area contributed by atoms with Crippen LogP contribution in [0.15, 0.2) is 34.7 Å². The molecule has 0 spiro atoms. The Morgan fingerprint density at radius 3 is 2.59 bits per heavy atom. The number of hydrogen-bond acceptors (Lipinski definition) is 2. The number of nitrogens with two attached hydrogens (primary N) is 1. The average molecular weight is 274 g/mol. The second-order valence-electron chi connectivity index (χ2n) is 3.70. The lowest BCUT2D eigenvalue weighted by Crippen LogP contribution is -2.12. The fraction of sp³-hybridized carbons (Fsp3) is 0.167. The summed E-state index contributed by atoms with van der Waals surface area (Å²) in [6.07, 6.45) is 0.456. The monoisotopic (exact) mass is 273 g/mol. The molecule has 1 unspecified atom stereocenters. The second kappa shape index (κ2) is 5.08. The minimum absolute atomic E-state index is 0.100. The number of benzene rings is 1. The predicted octanol–water partition coefficient (Wildman–Crippen LogP) is 3.97. The second-order valence-corrected chi connectivity index (χ2v) is 4.48. The van der Waals surface area contributed by atoms with Crippen molar-refractivity contribution < 1.29 is 8.81 Å². The fourth-order valence-electron chi connectivity index (χ4n) is 1.55. The summed E-state index contributed by atoms with van der Waals surface area (Å²) in [5.41, 5.74) is 6.68. The van der Waals surface area contributed by atoms with Crippen LogP contribution in [0.25, 0.3) is 0 Å². The Hall–Kier alpha value is -1.03. The average Bonchev–Trinajstić information content (AvgIpc) is 2.70. The molecule has 0 aliphatic carbocycles. The molecule has 0 aliphatic rings. The number of halogens is 3. The highest BCUT2D eigenvalue weighted by atomic mass is 35.5. The van der Waals surface area contributed by atoms with Crippen LogP contribution in [0.3, 0.4) is 0 Å². The Kier molecular flexibility index (Phi) is 3.72. The molecular formula is C12H10Cl2FNO. The van der Waals surface area contributed by atoms with Crippen molar-refractivity contribution in [2.75, 3.05) is 0 Å². The van der Waals surface area contributed by atoms with Gasteiger partial charge in [-0.3, -0.25) is 0 Å². The van der Waals surface area contributed by atoms with Crippen LogP contribution in [0.1, 0.15) is 17.4 Å². The lowest BCUT2D eigenvalue weighted by Gasteiger charge is -2.09. The van der Waals surface area contributed by atoms with Crippen molar-refractivity contribution in [1.82, 2.24) is 0 Å². The maximum Gasteiger partial charge on any atom is 0.193 e. The van der Waals surface area contributed by atoms with Gasteiger partial charge in [0, 0.05) is 0 Å². The third kappa shape index (κ3) is 3.00. The van der Waals surface area contributed by atoms with Crippen molar-refractivity contribution in [3.05, 3.63) is 57.7 Å². The summed E-state index contributed by atoms with van der Waals surface area (Å²) in [5.74, 6) is 0.124. The minimum Gasteiger partial charge on any atom is -0.448 e. The van der Waals surface area contributed by atoms with Crippen molar-refractivity contribution in [2.24, 2.45) is 5.73 Å². The molecule has 0 saturated heterocycles. The maximum absolute atomic E-state index is 13.2. The standard InChI is InChI=1S/C12H10Cl2FNO/c13-8-2-1-7(5-9(8)15)6-10(16)11-3-4-12(14)17-11/h1-5,10H,6,16H2. The van der Waals surface area contributed by atoms with E-state index in [-0.39, 0.29) is 16.3 Å². The normalized spacial score (nSPS) is 12.7. The summed E-state index contributed by atoms with van der Waals surface area (Å²) in [6, 6.07) is 7.58. The minimum atomic E-state index is -0.450. The fourth-order valence-corrected chi connectivity index (χ4v) is 1.82. The maximum atomic E-state index is 13.2. The highest BCUT2D eigenvalue weighted by Gasteiger charge is 2.12. The molecule has 17 heavy (non-hydrogen) atoms. The summed E-state index contributed by atoms with van der Waals surface area (Å²) in [4.78, 5) is 0. The van der Waals surface area contributed by atoms with Crippen LogP contribution >= 0.6 is 23.2 Å². The molecule has 0 fully saturated rings. The Labute approximate surface area is 108 Å². The Morgan fingerprint density at radius 2 is 2.00 bits per heavy atom. The summed E-state index contributed by atoms with van der Waals surface area (Å²) >= 11 is 11.2. The largest absolute Gasteiger partial charge is 0.448 e. The number of hydrogen-bond donors (Lipinski definition) is 1. The predicted molar refractivity (Wildman–Crippen MR) is 65.8 cm³/mol. The molecule has 2 N–H and O–H groups in total. The molecule has 2 nitrogen and oxygen atoms in total. The van der Waals surface area contributed by atoms with E-state index in [1.807, 2.05) is 0 Å². The molecule has 2 rings (SSSR count). The van der Waals surface area contributed by atoms with Crippen LogP contribution in [0.4, 0.5) is 4.39 Å². The van der Waals surface area contributed by atoms with E-state index < -0.39 is 5.82 Å². The van der Waals surface area contributed by atoms with E-state index in [9.17, 15) is 4.39 Å². The van der Waals surface area contributed by atoms with Gasteiger partial charge in [-0.1, -0.05) is 17.7 Å². The van der Waals surface area contributed by atoms with Gasteiger partial charge >= 0.3 is 0 Å². The molecule has 1 heterocycles. The van der Waals surface area contributed by atoms with Crippen molar-refractivity contribution in [3.63, 3.8) is 0 Å².